The molecule has 0 unspecified atom stereocenters. The summed E-state index contributed by atoms with van der Waals surface area (Å²) < 4.78 is 6.71. The van der Waals surface area contributed by atoms with Crippen molar-refractivity contribution in [3.8, 4) is 11.5 Å². The van der Waals surface area contributed by atoms with Gasteiger partial charge in [0.2, 0.25) is 0 Å². The Hall–Kier alpha value is -1.39. The van der Waals surface area contributed by atoms with E-state index in [9.17, 15) is 0 Å². The van der Waals surface area contributed by atoms with E-state index >= 15 is 0 Å². The first-order chi connectivity index (χ1) is 8.56. The first kappa shape index (κ1) is 13.1. The average molecular weight is 322 g/mol. The predicted octanol–water partition coefficient (Wildman–Crippen LogP) is 4.18. The second kappa shape index (κ2) is 5.50. The van der Waals surface area contributed by atoms with Gasteiger partial charge in [-0.05, 0) is 37.3 Å². The van der Waals surface area contributed by atoms with Crippen LogP contribution < -0.4 is 10.5 Å². The summed E-state index contributed by atoms with van der Waals surface area (Å²) in [5.41, 5.74) is 7.60. The van der Waals surface area contributed by atoms with Crippen molar-refractivity contribution in [2.75, 3.05) is 0 Å². The number of benzene rings is 2. The lowest BCUT2D eigenvalue weighted by Gasteiger charge is -2.10. The molecule has 2 N–H and O–H groups in total. The van der Waals surface area contributed by atoms with Gasteiger partial charge in [0.15, 0.2) is 0 Å². The quantitative estimate of drug-likeness (QED) is 0.861. The molecule has 0 bridgehead atoms. The van der Waals surface area contributed by atoms with Gasteiger partial charge in [-0.25, -0.2) is 0 Å². The topological polar surface area (TPSA) is 35.2 Å². The molecule has 0 atom stereocenters. The first-order valence-electron chi connectivity index (χ1n) is 5.40. The van der Waals surface area contributed by atoms with E-state index in [0.29, 0.717) is 10.7 Å². The Kier molecular flexibility index (Phi) is 3.99. The molecule has 0 aliphatic heterocycles. The summed E-state index contributed by atoms with van der Waals surface area (Å²) in [4.78, 5) is 0.318. The largest absolute Gasteiger partial charge is 0.457 e. The van der Waals surface area contributed by atoms with E-state index < -0.39 is 0 Å². The molecule has 0 saturated heterocycles. The zero-order valence-corrected chi connectivity index (χ0v) is 12.2. The average Bonchev–Trinajstić information content (AvgIpc) is 2.34. The third-order valence-electron chi connectivity index (χ3n) is 2.46. The number of thiocarbonyl (C=S) groups is 1. The summed E-state index contributed by atoms with van der Waals surface area (Å²) in [5.74, 6) is 1.43. The van der Waals surface area contributed by atoms with Crippen LogP contribution in [0.4, 0.5) is 0 Å². The van der Waals surface area contributed by atoms with Crippen LogP contribution in [0.2, 0.25) is 0 Å². The van der Waals surface area contributed by atoms with Crippen molar-refractivity contribution in [2.45, 2.75) is 6.92 Å². The standard InChI is InChI=1S/C14H12BrNOS/c1-9-2-5-11(6-3-9)17-13-7-4-10(15)8-12(13)14(16)18/h2-8H,1H3,(H2,16,18). The lowest BCUT2D eigenvalue weighted by atomic mass is 10.2. The fourth-order valence-electron chi connectivity index (χ4n) is 1.52. The van der Waals surface area contributed by atoms with Crippen molar-refractivity contribution in [3.63, 3.8) is 0 Å². The van der Waals surface area contributed by atoms with E-state index in [0.717, 1.165) is 15.8 Å². The highest BCUT2D eigenvalue weighted by Crippen LogP contribution is 2.28. The van der Waals surface area contributed by atoms with E-state index in [1.54, 1.807) is 0 Å². The number of ether oxygens (including phenoxy) is 1. The fourth-order valence-corrected chi connectivity index (χ4v) is 2.04. The molecule has 18 heavy (non-hydrogen) atoms. The SMILES string of the molecule is Cc1ccc(Oc2ccc(Br)cc2C(N)=S)cc1. The van der Waals surface area contributed by atoms with Crippen molar-refractivity contribution in [1.82, 2.24) is 0 Å². The van der Waals surface area contributed by atoms with E-state index in [1.165, 1.54) is 5.56 Å². The Bertz CT molecular complexity index is 581. The molecular weight excluding hydrogens is 310 g/mol. The van der Waals surface area contributed by atoms with Gasteiger partial charge in [0.05, 0.1) is 5.56 Å². The molecule has 0 saturated carbocycles. The normalized spacial score (nSPS) is 10.1. The number of rotatable bonds is 3. The van der Waals surface area contributed by atoms with E-state index in [-0.39, 0.29) is 0 Å². The Morgan fingerprint density at radius 2 is 1.83 bits per heavy atom. The number of aryl methyl sites for hydroxylation is 1. The van der Waals surface area contributed by atoms with Gasteiger partial charge in [-0.15, -0.1) is 0 Å². The molecule has 0 amide bonds. The van der Waals surface area contributed by atoms with Gasteiger partial charge >= 0.3 is 0 Å². The molecule has 0 aliphatic carbocycles. The van der Waals surface area contributed by atoms with Crippen LogP contribution in [0.5, 0.6) is 11.5 Å². The van der Waals surface area contributed by atoms with Gasteiger partial charge in [0.25, 0.3) is 0 Å². The van der Waals surface area contributed by atoms with Gasteiger partial charge in [0, 0.05) is 4.47 Å². The minimum Gasteiger partial charge on any atom is -0.457 e. The molecule has 92 valence electrons. The van der Waals surface area contributed by atoms with Crippen LogP contribution in [0.15, 0.2) is 46.9 Å². The van der Waals surface area contributed by atoms with Crippen LogP contribution in [-0.2, 0) is 0 Å². The fraction of sp³-hybridized carbons (Fsp3) is 0.0714. The smallest absolute Gasteiger partial charge is 0.137 e. The number of halogens is 1. The zero-order chi connectivity index (χ0) is 13.1. The second-order valence-electron chi connectivity index (χ2n) is 3.92. The van der Waals surface area contributed by atoms with Crippen LogP contribution in [0, 0.1) is 6.92 Å². The monoisotopic (exact) mass is 321 g/mol. The highest BCUT2D eigenvalue weighted by Gasteiger charge is 2.08. The highest BCUT2D eigenvalue weighted by molar-refractivity contribution is 9.10. The Morgan fingerprint density at radius 3 is 2.44 bits per heavy atom. The highest BCUT2D eigenvalue weighted by atomic mass is 79.9. The van der Waals surface area contributed by atoms with Crippen molar-refractivity contribution < 1.29 is 4.74 Å². The molecule has 2 aromatic rings. The third-order valence-corrected chi connectivity index (χ3v) is 3.17. The molecule has 0 aliphatic rings. The first-order valence-corrected chi connectivity index (χ1v) is 6.60. The number of nitrogens with two attached hydrogens (primary N) is 1. The summed E-state index contributed by atoms with van der Waals surface area (Å²) in [6.45, 7) is 2.03. The molecule has 2 rings (SSSR count). The van der Waals surface area contributed by atoms with Gasteiger partial charge in [0.1, 0.15) is 16.5 Å². The van der Waals surface area contributed by atoms with Gasteiger partial charge in [-0.1, -0.05) is 45.8 Å². The van der Waals surface area contributed by atoms with Crippen LogP contribution in [-0.4, -0.2) is 4.99 Å². The molecule has 0 heterocycles. The number of hydrogen-bond donors (Lipinski definition) is 1. The van der Waals surface area contributed by atoms with E-state index in [4.69, 9.17) is 22.7 Å². The third kappa shape index (κ3) is 3.09. The van der Waals surface area contributed by atoms with Gasteiger partial charge in [-0.2, -0.15) is 0 Å². The maximum atomic E-state index is 5.79. The molecule has 0 aromatic heterocycles. The second-order valence-corrected chi connectivity index (χ2v) is 5.28. The van der Waals surface area contributed by atoms with E-state index in [1.807, 2.05) is 49.4 Å². The van der Waals surface area contributed by atoms with Crippen LogP contribution in [0.3, 0.4) is 0 Å². The van der Waals surface area contributed by atoms with Crippen molar-refractivity contribution in [1.29, 1.82) is 0 Å². The van der Waals surface area contributed by atoms with Crippen LogP contribution in [0.25, 0.3) is 0 Å². The molecule has 0 radical (unpaired) electrons. The van der Waals surface area contributed by atoms with Gasteiger partial charge in [-0.3, -0.25) is 0 Å². The van der Waals surface area contributed by atoms with Crippen LogP contribution in [0.1, 0.15) is 11.1 Å². The Balaban J connectivity index is 2.34. The van der Waals surface area contributed by atoms with Crippen molar-refractivity contribution in [3.05, 3.63) is 58.1 Å². The summed E-state index contributed by atoms with van der Waals surface area (Å²) in [6, 6.07) is 13.4. The molecule has 2 nitrogen and oxygen atoms in total. The number of hydrogen-bond acceptors (Lipinski definition) is 2. The van der Waals surface area contributed by atoms with Crippen molar-refractivity contribution >= 4 is 33.1 Å². The minimum absolute atomic E-state index is 0.318. The molecular formula is C14H12BrNOS. The lowest BCUT2D eigenvalue weighted by Crippen LogP contribution is -2.10. The molecule has 4 heteroatoms. The minimum atomic E-state index is 0.318. The maximum Gasteiger partial charge on any atom is 0.137 e. The molecule has 2 aromatic carbocycles. The maximum absolute atomic E-state index is 5.79. The summed E-state index contributed by atoms with van der Waals surface area (Å²) in [6.07, 6.45) is 0. The summed E-state index contributed by atoms with van der Waals surface area (Å²) in [7, 11) is 0. The Labute approximate surface area is 120 Å². The van der Waals surface area contributed by atoms with Crippen molar-refractivity contribution in [2.24, 2.45) is 5.73 Å². The Morgan fingerprint density at radius 1 is 1.17 bits per heavy atom. The summed E-state index contributed by atoms with van der Waals surface area (Å²) in [5, 5.41) is 0. The van der Waals surface area contributed by atoms with E-state index in [2.05, 4.69) is 15.9 Å². The van der Waals surface area contributed by atoms with Gasteiger partial charge < -0.3 is 10.5 Å². The molecule has 0 fully saturated rings. The predicted molar refractivity (Wildman–Crippen MR) is 81.3 cm³/mol. The molecule has 0 spiro atoms. The van der Waals surface area contributed by atoms with Crippen LogP contribution >= 0.6 is 28.1 Å². The lowest BCUT2D eigenvalue weighted by molar-refractivity contribution is 0.481. The summed E-state index contributed by atoms with van der Waals surface area (Å²) >= 11 is 8.41. The zero-order valence-electron chi connectivity index (χ0n) is 9.81.